The third kappa shape index (κ3) is 4.95. The number of esters is 1. The van der Waals surface area contributed by atoms with Gasteiger partial charge in [-0.15, -0.1) is 0 Å². The number of benzene rings is 2. The maximum atomic E-state index is 13.9. The van der Waals surface area contributed by atoms with Gasteiger partial charge in [0, 0.05) is 54.2 Å². The monoisotopic (exact) mass is 594 g/mol. The first-order chi connectivity index (χ1) is 21.3. The number of furan rings is 1. The number of rotatable bonds is 9. The molecule has 2 fully saturated rings. The van der Waals surface area contributed by atoms with Crippen LogP contribution in [0.5, 0.6) is 11.5 Å². The average molecular weight is 595 g/mol. The number of likely N-dealkylation sites (tertiary alicyclic amines) is 1. The number of carbonyl (C=O) groups excluding carboxylic acids is 2. The van der Waals surface area contributed by atoms with E-state index < -0.39 is 0 Å². The normalized spacial score (nSPS) is 26.8. The van der Waals surface area contributed by atoms with Gasteiger partial charge in [0.05, 0.1) is 18.6 Å². The Morgan fingerprint density at radius 1 is 1.14 bits per heavy atom. The van der Waals surface area contributed by atoms with Crippen molar-refractivity contribution < 1.29 is 23.5 Å². The fourth-order valence-corrected chi connectivity index (χ4v) is 8.78. The zero-order valence-corrected chi connectivity index (χ0v) is 25.9. The van der Waals surface area contributed by atoms with Gasteiger partial charge in [0.1, 0.15) is 17.6 Å². The Morgan fingerprint density at radius 3 is 2.73 bits per heavy atom. The fourth-order valence-electron chi connectivity index (χ4n) is 8.78. The molecule has 0 unspecified atom stereocenters. The van der Waals surface area contributed by atoms with Gasteiger partial charge in [0.15, 0.2) is 0 Å². The third-order valence-corrected chi connectivity index (χ3v) is 10.4. The highest BCUT2D eigenvalue weighted by molar-refractivity contribution is 5.92. The molecule has 7 heteroatoms. The predicted molar refractivity (Wildman–Crippen MR) is 168 cm³/mol. The van der Waals surface area contributed by atoms with E-state index in [0.717, 1.165) is 62.1 Å². The second kappa shape index (κ2) is 11.6. The molecule has 2 aliphatic heterocycles. The molecule has 4 aliphatic rings. The minimum Gasteiger partial charge on any atom is -0.487 e. The summed E-state index contributed by atoms with van der Waals surface area (Å²) in [5.74, 6) is 1.99. The van der Waals surface area contributed by atoms with Gasteiger partial charge < -0.3 is 18.8 Å². The van der Waals surface area contributed by atoms with E-state index in [4.69, 9.17) is 13.9 Å². The van der Waals surface area contributed by atoms with E-state index in [1.54, 1.807) is 18.6 Å². The number of hydrogen-bond acceptors (Lipinski definition) is 6. The number of nitrogens with zero attached hydrogens (tertiary/aromatic N) is 2. The van der Waals surface area contributed by atoms with E-state index in [1.807, 2.05) is 24.3 Å². The second-order valence-corrected chi connectivity index (χ2v) is 13.4. The van der Waals surface area contributed by atoms with Crippen molar-refractivity contribution in [2.75, 3.05) is 19.6 Å². The van der Waals surface area contributed by atoms with Crippen LogP contribution in [0.3, 0.4) is 0 Å². The van der Waals surface area contributed by atoms with Crippen molar-refractivity contribution in [2.45, 2.75) is 76.5 Å². The van der Waals surface area contributed by atoms with Crippen molar-refractivity contribution in [3.05, 3.63) is 89.4 Å². The van der Waals surface area contributed by atoms with Crippen molar-refractivity contribution in [2.24, 2.45) is 11.8 Å². The van der Waals surface area contributed by atoms with Gasteiger partial charge in [0.2, 0.25) is 5.91 Å². The minimum absolute atomic E-state index is 0.00721. The highest BCUT2D eigenvalue weighted by Crippen LogP contribution is 2.64. The van der Waals surface area contributed by atoms with Gasteiger partial charge in [0.25, 0.3) is 0 Å². The summed E-state index contributed by atoms with van der Waals surface area (Å²) >= 11 is 0. The molecule has 5 atom stereocenters. The van der Waals surface area contributed by atoms with Crippen LogP contribution in [0.2, 0.25) is 0 Å². The summed E-state index contributed by atoms with van der Waals surface area (Å²) in [6.45, 7) is 8.44. The second-order valence-electron chi connectivity index (χ2n) is 13.4. The van der Waals surface area contributed by atoms with Crippen molar-refractivity contribution in [3.8, 4) is 11.5 Å². The molecule has 1 aromatic heterocycles. The average Bonchev–Trinajstić information content (AvgIpc) is 3.65. The first-order valence-electron chi connectivity index (χ1n) is 16.2. The Kier molecular flexibility index (Phi) is 7.61. The number of hydrogen-bond donors (Lipinski definition) is 0. The van der Waals surface area contributed by atoms with Crippen molar-refractivity contribution in [1.29, 1.82) is 0 Å². The van der Waals surface area contributed by atoms with Crippen LogP contribution >= 0.6 is 0 Å². The molecule has 44 heavy (non-hydrogen) atoms. The molecule has 0 radical (unpaired) electrons. The maximum Gasteiger partial charge on any atom is 0.308 e. The molecule has 3 heterocycles. The summed E-state index contributed by atoms with van der Waals surface area (Å²) in [5, 5.41) is 0. The van der Waals surface area contributed by atoms with Crippen LogP contribution < -0.4 is 9.47 Å². The lowest BCUT2D eigenvalue weighted by atomic mass is 9.50. The fraction of sp³-hybridized carbons (Fsp3) is 0.459. The van der Waals surface area contributed by atoms with Gasteiger partial charge in [-0.1, -0.05) is 44.2 Å². The first-order valence-corrected chi connectivity index (χ1v) is 16.2. The lowest BCUT2D eigenvalue weighted by Crippen LogP contribution is -2.69. The van der Waals surface area contributed by atoms with Crippen LogP contribution in [0.25, 0.3) is 6.08 Å². The predicted octanol–water partition coefficient (Wildman–Crippen LogP) is 6.05. The quantitative estimate of drug-likeness (QED) is 0.171. The largest absolute Gasteiger partial charge is 0.487 e. The maximum absolute atomic E-state index is 13.9. The topological polar surface area (TPSA) is 72.2 Å². The smallest absolute Gasteiger partial charge is 0.308 e. The number of ether oxygens (including phenoxy) is 2. The highest BCUT2D eigenvalue weighted by Gasteiger charge is 2.66. The van der Waals surface area contributed by atoms with Crippen molar-refractivity contribution in [1.82, 2.24) is 9.80 Å². The molecule has 2 aromatic carbocycles. The first kappa shape index (κ1) is 28.9. The van der Waals surface area contributed by atoms with Crippen LogP contribution in [0.1, 0.15) is 62.3 Å². The molecule has 1 saturated carbocycles. The number of carbonyl (C=O) groups is 2. The zero-order chi connectivity index (χ0) is 30.4. The molecule has 7 rings (SSSR count). The molecule has 3 aromatic rings. The summed E-state index contributed by atoms with van der Waals surface area (Å²) in [6, 6.07) is 16.7. The van der Waals surface area contributed by atoms with E-state index in [0.29, 0.717) is 30.2 Å². The van der Waals surface area contributed by atoms with Crippen molar-refractivity contribution >= 4 is 18.0 Å². The molecule has 230 valence electrons. The van der Waals surface area contributed by atoms with Crippen molar-refractivity contribution in [3.63, 3.8) is 0 Å². The van der Waals surface area contributed by atoms with E-state index in [9.17, 15) is 9.59 Å². The van der Waals surface area contributed by atoms with Gasteiger partial charge in [-0.3, -0.25) is 14.5 Å². The molecular weight excluding hydrogens is 552 g/mol. The Balaban J connectivity index is 1.26. The van der Waals surface area contributed by atoms with E-state index in [2.05, 4.69) is 54.0 Å². The lowest BCUT2D eigenvalue weighted by molar-refractivity contribution is -0.138. The van der Waals surface area contributed by atoms with E-state index in [1.165, 1.54) is 18.1 Å². The molecule has 1 saturated heterocycles. The summed E-state index contributed by atoms with van der Waals surface area (Å²) in [6.07, 6.45) is 11.4. The van der Waals surface area contributed by atoms with Gasteiger partial charge >= 0.3 is 5.97 Å². The molecule has 1 spiro atoms. The van der Waals surface area contributed by atoms with Crippen LogP contribution in [-0.4, -0.2) is 59.5 Å². The summed E-state index contributed by atoms with van der Waals surface area (Å²) in [4.78, 5) is 30.8. The van der Waals surface area contributed by atoms with Crippen LogP contribution in [0.4, 0.5) is 0 Å². The SMILES string of the molecule is CC(=O)Oc1ccc2c3c1C[C@@H]1[C@@H]4CC[C@@H](N(CC(C)C)C(=O)C=Cc5ccoc5)[C@@H](O2)[C@]34CCN1CCc1ccccc1. The van der Waals surface area contributed by atoms with E-state index >= 15 is 0 Å². The zero-order valence-electron chi connectivity index (χ0n) is 25.9. The Labute approximate surface area is 259 Å². The van der Waals surface area contributed by atoms with Crippen LogP contribution in [-0.2, 0) is 27.8 Å². The van der Waals surface area contributed by atoms with Gasteiger partial charge in [-0.25, -0.2) is 0 Å². The number of amides is 1. The summed E-state index contributed by atoms with van der Waals surface area (Å²) in [7, 11) is 0. The molecular formula is C37H42N2O5. The Hall–Kier alpha value is -3.84. The molecule has 2 bridgehead atoms. The van der Waals surface area contributed by atoms with E-state index in [-0.39, 0.29) is 29.4 Å². The highest BCUT2D eigenvalue weighted by atomic mass is 16.5. The van der Waals surface area contributed by atoms with Gasteiger partial charge in [-0.2, -0.15) is 0 Å². The Bertz CT molecular complexity index is 1550. The van der Waals surface area contributed by atoms with Crippen LogP contribution in [0, 0.1) is 11.8 Å². The number of piperidine rings is 1. The summed E-state index contributed by atoms with van der Waals surface area (Å²) < 4.78 is 18.0. The minimum atomic E-state index is -0.304. The van der Waals surface area contributed by atoms with Gasteiger partial charge in [-0.05, 0) is 80.3 Å². The molecule has 2 aliphatic carbocycles. The summed E-state index contributed by atoms with van der Waals surface area (Å²) in [5.41, 5.74) is 4.35. The molecule has 1 amide bonds. The molecule has 7 nitrogen and oxygen atoms in total. The standard InChI is InChI=1S/C37H42N2O5/c1-24(2)22-39(34(41)14-9-27-16-20-42-23-27)30-11-10-29-31-21-28-32(43-25(3)40)12-13-33-35(28)37(29,36(30)44-33)17-19-38(31)18-15-26-7-5-4-6-8-26/h4-9,12-14,16,20,23-24,29-31,36H,10-11,15,17-19,21-22H2,1-3H3/t29-,30+,31+,36+,37-/m0/s1. The lowest BCUT2D eigenvalue weighted by Gasteiger charge is -2.60. The third-order valence-electron chi connectivity index (χ3n) is 10.4. The molecule has 0 N–H and O–H groups in total. The Morgan fingerprint density at radius 2 is 1.98 bits per heavy atom. The van der Waals surface area contributed by atoms with Crippen LogP contribution in [0.15, 0.2) is 71.6 Å².